The quantitative estimate of drug-likeness (QED) is 0.776. The molecule has 0 saturated heterocycles. The van der Waals surface area contributed by atoms with Gasteiger partial charge in [0.15, 0.2) is 0 Å². The van der Waals surface area contributed by atoms with Crippen molar-refractivity contribution in [3.8, 4) is 0 Å². The summed E-state index contributed by atoms with van der Waals surface area (Å²) in [5.74, 6) is -3.22. The highest BCUT2D eigenvalue weighted by Gasteiger charge is 2.35. The Morgan fingerprint density at radius 2 is 2.05 bits per heavy atom. The average Bonchev–Trinajstić information content (AvgIpc) is 2.40. The summed E-state index contributed by atoms with van der Waals surface area (Å²) in [6.45, 7) is 5.08. The van der Waals surface area contributed by atoms with Gasteiger partial charge in [0.05, 0.1) is 5.92 Å². The number of rotatable bonds is 5. The second-order valence-electron chi connectivity index (χ2n) is 5.06. The smallest absolute Gasteiger partial charge is 0.248 e. The Hall–Kier alpha value is -1.59. The van der Waals surface area contributed by atoms with Gasteiger partial charge in [-0.05, 0) is 26.5 Å². The summed E-state index contributed by atoms with van der Waals surface area (Å²) < 4.78 is 26.1. The fourth-order valence-corrected chi connectivity index (χ4v) is 2.17. The van der Waals surface area contributed by atoms with Crippen LogP contribution in [0, 0.1) is 5.92 Å². The Kier molecular flexibility index (Phi) is 5.98. The van der Waals surface area contributed by atoms with Gasteiger partial charge in [-0.2, -0.15) is 0 Å². The van der Waals surface area contributed by atoms with Gasteiger partial charge in [-0.25, -0.2) is 8.78 Å². The first-order valence-electron chi connectivity index (χ1n) is 6.66. The SMILES string of the molecule is C=N/C=C(\C=N/C)[C@@H](C)C(=O)NC1CCC(F)(F)CC1. The zero-order chi connectivity index (χ0) is 15.2. The first-order valence-corrected chi connectivity index (χ1v) is 6.66. The maximum Gasteiger partial charge on any atom is 0.248 e. The van der Waals surface area contributed by atoms with Crippen LogP contribution in [-0.2, 0) is 4.79 Å². The largest absolute Gasteiger partial charge is 0.353 e. The molecule has 1 aliphatic carbocycles. The monoisotopic (exact) mass is 285 g/mol. The molecule has 0 aromatic carbocycles. The first-order chi connectivity index (χ1) is 9.39. The van der Waals surface area contributed by atoms with Crippen molar-refractivity contribution in [1.29, 1.82) is 0 Å². The highest BCUT2D eigenvalue weighted by molar-refractivity contribution is 5.91. The number of hydrogen-bond acceptors (Lipinski definition) is 3. The molecule has 1 N–H and O–H groups in total. The molecule has 1 rings (SSSR count). The molecule has 0 radical (unpaired) electrons. The molecule has 1 fully saturated rings. The lowest BCUT2D eigenvalue weighted by molar-refractivity contribution is -0.125. The van der Waals surface area contributed by atoms with Crippen LogP contribution in [0.15, 0.2) is 21.8 Å². The van der Waals surface area contributed by atoms with Crippen LogP contribution in [0.4, 0.5) is 8.78 Å². The van der Waals surface area contributed by atoms with Crippen molar-refractivity contribution in [1.82, 2.24) is 5.32 Å². The Bertz CT molecular complexity index is 409. The molecule has 20 heavy (non-hydrogen) atoms. The minimum absolute atomic E-state index is 0.167. The van der Waals surface area contributed by atoms with Gasteiger partial charge in [0.25, 0.3) is 0 Å². The van der Waals surface area contributed by atoms with Gasteiger partial charge >= 0.3 is 0 Å². The molecule has 0 spiro atoms. The van der Waals surface area contributed by atoms with E-state index in [0.717, 1.165) is 0 Å². The Balaban J connectivity index is 2.58. The lowest BCUT2D eigenvalue weighted by Gasteiger charge is -2.29. The third-order valence-electron chi connectivity index (χ3n) is 3.48. The fourth-order valence-electron chi connectivity index (χ4n) is 2.17. The van der Waals surface area contributed by atoms with Gasteiger partial charge < -0.3 is 5.32 Å². The summed E-state index contributed by atoms with van der Waals surface area (Å²) in [6.07, 6.45) is 3.32. The molecule has 0 unspecified atom stereocenters. The molecule has 1 amide bonds. The second-order valence-corrected chi connectivity index (χ2v) is 5.06. The van der Waals surface area contributed by atoms with Crippen LogP contribution in [0.3, 0.4) is 0 Å². The highest BCUT2D eigenvalue weighted by Crippen LogP contribution is 2.33. The van der Waals surface area contributed by atoms with E-state index in [2.05, 4.69) is 22.0 Å². The third kappa shape index (κ3) is 4.83. The molecule has 0 heterocycles. The van der Waals surface area contributed by atoms with E-state index in [1.165, 1.54) is 6.20 Å². The van der Waals surface area contributed by atoms with Crippen LogP contribution in [0.1, 0.15) is 32.6 Å². The number of hydrogen-bond donors (Lipinski definition) is 1. The number of nitrogens with zero attached hydrogens (tertiary/aromatic N) is 2. The van der Waals surface area contributed by atoms with Crippen LogP contribution in [-0.4, -0.2) is 37.9 Å². The fraction of sp³-hybridized carbons (Fsp3) is 0.643. The van der Waals surface area contributed by atoms with Crippen molar-refractivity contribution >= 4 is 18.8 Å². The van der Waals surface area contributed by atoms with Crippen LogP contribution >= 0.6 is 0 Å². The van der Waals surface area contributed by atoms with Gasteiger partial charge in [0, 0.05) is 43.9 Å². The molecular formula is C14H21F2N3O. The molecule has 0 aromatic rings. The van der Waals surface area contributed by atoms with E-state index in [0.29, 0.717) is 18.4 Å². The number of alkyl halides is 2. The summed E-state index contributed by atoms with van der Waals surface area (Å²) in [4.78, 5) is 19.6. The molecule has 6 heteroatoms. The van der Waals surface area contributed by atoms with Crippen molar-refractivity contribution in [2.45, 2.75) is 44.6 Å². The Labute approximate surface area is 118 Å². The van der Waals surface area contributed by atoms with E-state index in [9.17, 15) is 13.6 Å². The summed E-state index contributed by atoms with van der Waals surface area (Å²) in [5.41, 5.74) is 0.640. The van der Waals surface area contributed by atoms with Crippen molar-refractivity contribution in [3.63, 3.8) is 0 Å². The summed E-state index contributed by atoms with van der Waals surface area (Å²) in [5, 5.41) is 2.82. The number of nitrogens with one attached hydrogen (secondary N) is 1. The Morgan fingerprint density at radius 3 is 2.55 bits per heavy atom. The number of aliphatic imine (C=N–C) groups is 2. The van der Waals surface area contributed by atoms with E-state index in [1.54, 1.807) is 20.2 Å². The number of carbonyl (C=O) groups excluding carboxylic acids is 1. The topological polar surface area (TPSA) is 53.8 Å². The molecule has 112 valence electrons. The van der Waals surface area contributed by atoms with Crippen LogP contribution < -0.4 is 5.32 Å². The van der Waals surface area contributed by atoms with E-state index in [4.69, 9.17) is 0 Å². The molecule has 1 saturated carbocycles. The predicted octanol–water partition coefficient (Wildman–Crippen LogP) is 2.60. The molecule has 0 bridgehead atoms. The van der Waals surface area contributed by atoms with E-state index >= 15 is 0 Å². The molecule has 0 aliphatic heterocycles. The summed E-state index contributed by atoms with van der Waals surface area (Å²) in [7, 11) is 1.60. The normalized spacial score (nSPS) is 21.7. The number of amides is 1. The molecule has 1 atom stereocenters. The van der Waals surface area contributed by atoms with E-state index < -0.39 is 11.8 Å². The predicted molar refractivity (Wildman–Crippen MR) is 76.6 cm³/mol. The van der Waals surface area contributed by atoms with Crippen LogP contribution in [0.25, 0.3) is 0 Å². The zero-order valence-corrected chi connectivity index (χ0v) is 11.9. The average molecular weight is 285 g/mol. The lowest BCUT2D eigenvalue weighted by Crippen LogP contribution is -2.42. The lowest BCUT2D eigenvalue weighted by atomic mass is 9.91. The van der Waals surface area contributed by atoms with Crippen LogP contribution in [0.2, 0.25) is 0 Å². The number of carbonyl (C=O) groups is 1. The van der Waals surface area contributed by atoms with Gasteiger partial charge in [-0.3, -0.25) is 14.8 Å². The molecule has 1 aliphatic rings. The van der Waals surface area contributed by atoms with Crippen LogP contribution in [0.5, 0.6) is 0 Å². The van der Waals surface area contributed by atoms with Crippen molar-refractivity contribution in [3.05, 3.63) is 11.8 Å². The van der Waals surface area contributed by atoms with E-state index in [-0.39, 0.29) is 24.8 Å². The highest BCUT2D eigenvalue weighted by atomic mass is 19.3. The van der Waals surface area contributed by atoms with Crippen molar-refractivity contribution in [2.24, 2.45) is 15.9 Å². The molecule has 0 aromatic heterocycles. The van der Waals surface area contributed by atoms with Gasteiger partial charge in [-0.1, -0.05) is 0 Å². The third-order valence-corrected chi connectivity index (χ3v) is 3.48. The van der Waals surface area contributed by atoms with Crippen molar-refractivity contribution in [2.75, 3.05) is 7.05 Å². The number of halogens is 2. The first kappa shape index (κ1) is 16.5. The van der Waals surface area contributed by atoms with Crippen molar-refractivity contribution < 1.29 is 13.6 Å². The molecule has 4 nitrogen and oxygen atoms in total. The zero-order valence-electron chi connectivity index (χ0n) is 11.9. The maximum atomic E-state index is 13.0. The van der Waals surface area contributed by atoms with Gasteiger partial charge in [0.1, 0.15) is 0 Å². The van der Waals surface area contributed by atoms with Gasteiger partial charge in [0.2, 0.25) is 11.8 Å². The minimum Gasteiger partial charge on any atom is -0.353 e. The van der Waals surface area contributed by atoms with Gasteiger partial charge in [-0.15, -0.1) is 0 Å². The minimum atomic E-state index is -2.58. The standard InChI is InChI=1S/C14H21F2N3O/c1-10(11(8-17-2)9-18-3)13(20)19-12-4-6-14(15,16)7-5-12/h8-10,12H,2,4-7H2,1,3H3,(H,19,20)/b11-8+,18-9-/t10-/m1/s1. The summed E-state index contributed by atoms with van der Waals surface area (Å²) >= 11 is 0. The van der Waals surface area contributed by atoms with E-state index in [1.807, 2.05) is 0 Å². The summed E-state index contributed by atoms with van der Waals surface area (Å²) in [6, 6.07) is -0.180. The Morgan fingerprint density at radius 1 is 1.45 bits per heavy atom. The maximum absolute atomic E-state index is 13.0. The molecular weight excluding hydrogens is 264 g/mol. The second kappa shape index (κ2) is 7.26.